The number of carbonyl (C=O) groups excluding carboxylic acids is 1. The summed E-state index contributed by atoms with van der Waals surface area (Å²) in [6, 6.07) is 20.1. The lowest BCUT2D eigenvalue weighted by Crippen LogP contribution is -2.21. The Hall–Kier alpha value is -4.46. The van der Waals surface area contributed by atoms with Crippen LogP contribution in [0.25, 0.3) is 38.8 Å². The van der Waals surface area contributed by atoms with Crippen LogP contribution in [0.2, 0.25) is 0 Å². The van der Waals surface area contributed by atoms with Gasteiger partial charge in [0.05, 0.1) is 17.4 Å². The van der Waals surface area contributed by atoms with E-state index < -0.39 is 0 Å². The summed E-state index contributed by atoms with van der Waals surface area (Å²) in [6.45, 7) is 1.16. The first kappa shape index (κ1) is 23.9. The monoisotopic (exact) mass is 506 g/mol. The van der Waals surface area contributed by atoms with Gasteiger partial charge in [-0.25, -0.2) is 0 Å². The number of allylic oxidation sites excluding steroid dienone is 1. The Morgan fingerprint density at radius 1 is 0.974 bits per heavy atom. The number of ketones is 1. The Labute approximate surface area is 218 Å². The molecule has 0 spiro atoms. The molecule has 0 fully saturated rings. The maximum atomic E-state index is 13.7. The van der Waals surface area contributed by atoms with Crippen LogP contribution in [0.15, 0.2) is 81.7 Å². The van der Waals surface area contributed by atoms with E-state index in [1.807, 2.05) is 55.4 Å². The fourth-order valence-corrected chi connectivity index (χ4v) is 4.93. The first-order valence-corrected chi connectivity index (χ1v) is 12.4. The minimum atomic E-state index is -0.254. The Morgan fingerprint density at radius 2 is 1.82 bits per heavy atom. The van der Waals surface area contributed by atoms with Crippen LogP contribution in [0.3, 0.4) is 0 Å². The molecule has 1 aromatic heterocycles. The first-order chi connectivity index (χ1) is 18.4. The van der Waals surface area contributed by atoms with Crippen LogP contribution in [0.1, 0.15) is 21.5 Å². The van der Waals surface area contributed by atoms with E-state index in [0.29, 0.717) is 51.0 Å². The van der Waals surface area contributed by atoms with Gasteiger partial charge in [-0.15, -0.1) is 0 Å². The first-order valence-electron chi connectivity index (χ1n) is 12.4. The van der Waals surface area contributed by atoms with Crippen molar-refractivity contribution in [3.8, 4) is 5.75 Å². The summed E-state index contributed by atoms with van der Waals surface area (Å²) < 4.78 is 12.1. The number of hydrogen-bond acceptors (Lipinski definition) is 7. The van der Waals surface area contributed by atoms with Gasteiger partial charge in [0.1, 0.15) is 16.9 Å². The van der Waals surface area contributed by atoms with Gasteiger partial charge in [-0.2, -0.15) is 0 Å². The van der Waals surface area contributed by atoms with Gasteiger partial charge in [-0.3, -0.25) is 9.59 Å². The molecule has 7 heteroatoms. The molecule has 190 valence electrons. The zero-order chi connectivity index (χ0) is 26.4. The number of hydrogen-bond donors (Lipinski definition) is 2. The third kappa shape index (κ3) is 4.02. The van der Waals surface area contributed by atoms with Crippen molar-refractivity contribution in [2.75, 3.05) is 32.5 Å². The Balaban J connectivity index is 1.39. The molecule has 5 aromatic rings. The summed E-state index contributed by atoms with van der Waals surface area (Å²) in [5.41, 5.74) is 3.08. The van der Waals surface area contributed by atoms with E-state index >= 15 is 0 Å². The smallest absolute Gasteiger partial charge is 0.229 e. The van der Waals surface area contributed by atoms with Crippen LogP contribution in [-0.2, 0) is 6.61 Å². The van der Waals surface area contributed by atoms with Crippen molar-refractivity contribution < 1.29 is 19.1 Å². The number of ether oxygens (including phenoxy) is 1. The molecule has 1 heterocycles. The summed E-state index contributed by atoms with van der Waals surface area (Å²) in [5.74, 6) is 0.373. The van der Waals surface area contributed by atoms with Gasteiger partial charge in [-0.1, -0.05) is 42.5 Å². The van der Waals surface area contributed by atoms with Crippen LogP contribution in [0.4, 0.5) is 5.69 Å². The van der Waals surface area contributed by atoms with Crippen molar-refractivity contribution in [1.29, 1.82) is 0 Å². The van der Waals surface area contributed by atoms with Crippen LogP contribution < -0.4 is 15.5 Å². The summed E-state index contributed by atoms with van der Waals surface area (Å²) >= 11 is 0. The molecule has 0 radical (unpaired) electrons. The maximum absolute atomic E-state index is 13.7. The number of likely N-dealkylation sites (N-methyl/N-ethyl adjacent to an activating group) is 1. The average Bonchev–Trinajstić information content (AvgIpc) is 3.24. The summed E-state index contributed by atoms with van der Waals surface area (Å²) in [5, 5.41) is 15.7. The van der Waals surface area contributed by atoms with Crippen molar-refractivity contribution in [3.63, 3.8) is 0 Å². The molecule has 6 rings (SSSR count). The number of fused-ring (bicyclic) bond motifs is 5. The van der Waals surface area contributed by atoms with E-state index in [4.69, 9.17) is 9.15 Å². The van der Waals surface area contributed by atoms with Crippen molar-refractivity contribution in [2.45, 2.75) is 6.61 Å². The number of aliphatic hydroxyl groups is 1. The van der Waals surface area contributed by atoms with Gasteiger partial charge in [0, 0.05) is 29.9 Å². The van der Waals surface area contributed by atoms with Gasteiger partial charge in [0.2, 0.25) is 11.2 Å². The van der Waals surface area contributed by atoms with E-state index in [9.17, 15) is 14.7 Å². The van der Waals surface area contributed by atoms with E-state index in [1.165, 1.54) is 0 Å². The zero-order valence-electron chi connectivity index (χ0n) is 21.1. The molecule has 2 N–H and O–H groups in total. The SMILES string of the molecule is CN(C)CCNc1ccc(CO)c2oc3ccc(OC4=Cc5ccc6ccccc6c5C4=O)cc3c(=O)c12. The molecule has 0 saturated heterocycles. The molecule has 4 aromatic carbocycles. The summed E-state index contributed by atoms with van der Waals surface area (Å²) in [6.07, 6.45) is 1.73. The minimum Gasteiger partial charge on any atom is -0.455 e. The quantitative estimate of drug-likeness (QED) is 0.294. The number of nitrogens with one attached hydrogen (secondary N) is 1. The fourth-order valence-electron chi connectivity index (χ4n) is 4.93. The van der Waals surface area contributed by atoms with Gasteiger partial charge < -0.3 is 24.5 Å². The molecule has 0 saturated carbocycles. The Morgan fingerprint density at radius 3 is 2.63 bits per heavy atom. The molecule has 38 heavy (non-hydrogen) atoms. The predicted molar refractivity (Wildman–Crippen MR) is 150 cm³/mol. The van der Waals surface area contributed by atoms with Crippen LogP contribution in [0.5, 0.6) is 5.75 Å². The highest BCUT2D eigenvalue weighted by Gasteiger charge is 2.27. The topological polar surface area (TPSA) is 92.0 Å². The van der Waals surface area contributed by atoms with Gasteiger partial charge in [-0.05, 0) is 60.8 Å². The average molecular weight is 507 g/mol. The number of Topliss-reactive ketones (excluding diaryl/α,β-unsaturated/α-hetero) is 1. The highest BCUT2D eigenvalue weighted by atomic mass is 16.5. The van der Waals surface area contributed by atoms with E-state index in [1.54, 1.807) is 36.4 Å². The second kappa shape index (κ2) is 9.45. The highest BCUT2D eigenvalue weighted by molar-refractivity contribution is 6.23. The predicted octanol–water partition coefficient (Wildman–Crippen LogP) is 5.18. The standard InChI is InChI=1S/C31H26N2O5/c1-33(2)14-13-32-24-11-9-20(17-34)31-28(24)29(35)23-16-21(10-12-25(23)38-31)37-26-15-19-8-7-18-5-3-4-6-22(18)27(19)30(26)36/h3-12,15-16,32,34H,13-14,17H2,1-2H3. The lowest BCUT2D eigenvalue weighted by molar-refractivity contribution is 0.0994. The van der Waals surface area contributed by atoms with Gasteiger partial charge >= 0.3 is 0 Å². The number of rotatable bonds is 7. The molecule has 0 atom stereocenters. The second-order valence-electron chi connectivity index (χ2n) is 9.64. The van der Waals surface area contributed by atoms with Crippen LogP contribution in [0, 0.1) is 0 Å². The van der Waals surface area contributed by atoms with Crippen molar-refractivity contribution in [3.05, 3.63) is 99.4 Å². The number of anilines is 1. The molecule has 7 nitrogen and oxygen atoms in total. The Bertz CT molecular complexity index is 1830. The van der Waals surface area contributed by atoms with Gasteiger partial charge in [0.15, 0.2) is 5.76 Å². The number of benzene rings is 4. The van der Waals surface area contributed by atoms with E-state index in [2.05, 4.69) is 5.32 Å². The second-order valence-corrected chi connectivity index (χ2v) is 9.64. The lowest BCUT2D eigenvalue weighted by atomic mass is 10.00. The van der Waals surface area contributed by atoms with Crippen LogP contribution in [-0.4, -0.2) is 43.0 Å². The number of aliphatic hydroxyl groups excluding tert-OH is 1. The van der Waals surface area contributed by atoms with Crippen molar-refractivity contribution in [2.24, 2.45) is 0 Å². The van der Waals surface area contributed by atoms with Crippen LogP contribution >= 0.6 is 0 Å². The summed E-state index contributed by atoms with van der Waals surface area (Å²) in [7, 11) is 3.95. The molecular weight excluding hydrogens is 480 g/mol. The van der Waals surface area contributed by atoms with Crippen molar-refractivity contribution in [1.82, 2.24) is 4.90 Å². The van der Waals surface area contributed by atoms with Crippen molar-refractivity contribution >= 4 is 50.3 Å². The van der Waals surface area contributed by atoms with E-state index in [-0.39, 0.29) is 23.6 Å². The normalized spacial score (nSPS) is 12.9. The molecule has 0 aliphatic heterocycles. The van der Waals surface area contributed by atoms with Gasteiger partial charge in [0.25, 0.3) is 0 Å². The largest absolute Gasteiger partial charge is 0.455 e. The molecular formula is C31H26N2O5. The number of nitrogens with zero attached hydrogens (tertiary/aromatic N) is 1. The molecule has 0 bridgehead atoms. The lowest BCUT2D eigenvalue weighted by Gasteiger charge is -2.14. The molecule has 1 aliphatic rings. The summed E-state index contributed by atoms with van der Waals surface area (Å²) in [4.78, 5) is 29.0. The third-order valence-electron chi connectivity index (χ3n) is 6.85. The third-order valence-corrected chi connectivity index (χ3v) is 6.85. The highest BCUT2D eigenvalue weighted by Crippen LogP contribution is 2.34. The fraction of sp³-hybridized carbons (Fsp3) is 0.161. The maximum Gasteiger partial charge on any atom is 0.229 e. The molecule has 0 amide bonds. The van der Waals surface area contributed by atoms with E-state index in [0.717, 1.165) is 22.9 Å². The minimum absolute atomic E-state index is 0.192. The Kier molecular flexibility index (Phi) is 5.94. The molecule has 0 unspecified atom stereocenters. The molecule has 1 aliphatic carbocycles. The number of carbonyl (C=O) groups is 1. The zero-order valence-corrected chi connectivity index (χ0v) is 21.1.